The maximum absolute atomic E-state index is 12.3. The Balaban J connectivity index is 1.76. The maximum Gasteiger partial charge on any atom is 0.252 e. The maximum atomic E-state index is 12.3. The Morgan fingerprint density at radius 3 is 2.65 bits per heavy atom. The molecule has 0 fully saturated rings. The molecule has 0 spiro atoms. The third-order valence-electron chi connectivity index (χ3n) is 3.67. The molecule has 0 bridgehead atoms. The summed E-state index contributed by atoms with van der Waals surface area (Å²) in [6, 6.07) is 17.2. The molecular formula is C18H16BrNO2S. The van der Waals surface area contributed by atoms with Crippen molar-refractivity contribution in [1.82, 2.24) is 5.32 Å². The zero-order valence-electron chi connectivity index (χ0n) is 12.5. The minimum absolute atomic E-state index is 0.153. The van der Waals surface area contributed by atoms with Crippen molar-refractivity contribution in [3.63, 3.8) is 0 Å². The van der Waals surface area contributed by atoms with Crippen molar-refractivity contribution in [1.29, 1.82) is 0 Å². The molecule has 5 heteroatoms. The van der Waals surface area contributed by atoms with Gasteiger partial charge in [-0.1, -0.05) is 30.3 Å². The second-order valence-electron chi connectivity index (χ2n) is 5.58. The van der Waals surface area contributed by atoms with Crippen molar-refractivity contribution in [3.05, 3.63) is 69.5 Å². The summed E-state index contributed by atoms with van der Waals surface area (Å²) in [7, 11) is 0. The highest BCUT2D eigenvalue weighted by Gasteiger charge is 2.26. The first-order valence-electron chi connectivity index (χ1n) is 7.21. The first-order valence-corrected chi connectivity index (χ1v) is 8.82. The van der Waals surface area contributed by atoms with Crippen LogP contribution in [-0.2, 0) is 5.60 Å². The number of halogens is 1. The van der Waals surface area contributed by atoms with E-state index in [9.17, 15) is 9.90 Å². The van der Waals surface area contributed by atoms with Crippen LogP contribution in [-0.4, -0.2) is 17.6 Å². The first kappa shape index (κ1) is 16.2. The Morgan fingerprint density at radius 2 is 1.91 bits per heavy atom. The van der Waals surface area contributed by atoms with Gasteiger partial charge in [-0.25, -0.2) is 0 Å². The molecule has 2 N–H and O–H groups in total. The highest BCUT2D eigenvalue weighted by atomic mass is 79.9. The number of aliphatic hydroxyl groups is 1. The summed E-state index contributed by atoms with van der Waals surface area (Å²) in [5.41, 5.74) is -0.555. The largest absolute Gasteiger partial charge is 0.383 e. The molecule has 0 saturated heterocycles. The normalized spacial score (nSPS) is 13.7. The van der Waals surface area contributed by atoms with E-state index >= 15 is 0 Å². The van der Waals surface area contributed by atoms with Gasteiger partial charge in [0.1, 0.15) is 5.60 Å². The Morgan fingerprint density at radius 1 is 1.22 bits per heavy atom. The number of carbonyl (C=O) groups is 1. The Bertz CT molecular complexity index is 824. The van der Waals surface area contributed by atoms with Gasteiger partial charge in [0, 0.05) is 14.0 Å². The minimum Gasteiger partial charge on any atom is -0.383 e. The average molecular weight is 390 g/mol. The predicted octanol–water partition coefficient (Wildman–Crippen LogP) is 4.30. The minimum atomic E-state index is -1.11. The molecule has 0 aliphatic heterocycles. The fourth-order valence-electron chi connectivity index (χ4n) is 2.33. The molecule has 3 nitrogen and oxygen atoms in total. The molecule has 2 aromatic carbocycles. The smallest absolute Gasteiger partial charge is 0.252 e. The van der Waals surface area contributed by atoms with E-state index in [1.807, 2.05) is 48.5 Å². The van der Waals surface area contributed by atoms with Gasteiger partial charge in [0.25, 0.3) is 5.91 Å². The summed E-state index contributed by atoms with van der Waals surface area (Å²) in [5, 5.41) is 14.6. The van der Waals surface area contributed by atoms with Crippen molar-refractivity contribution < 1.29 is 9.90 Å². The molecule has 1 heterocycles. The molecule has 23 heavy (non-hydrogen) atoms. The third-order valence-corrected chi connectivity index (χ3v) is 5.73. The molecule has 0 saturated carbocycles. The van der Waals surface area contributed by atoms with E-state index in [-0.39, 0.29) is 12.5 Å². The highest BCUT2D eigenvalue weighted by molar-refractivity contribution is 9.10. The van der Waals surface area contributed by atoms with Crippen molar-refractivity contribution in [3.8, 4) is 0 Å². The molecule has 0 aliphatic carbocycles. The lowest BCUT2D eigenvalue weighted by atomic mass is 10.0. The fraction of sp³-hybridized carbons (Fsp3) is 0.167. The molecule has 3 aromatic rings. The van der Waals surface area contributed by atoms with E-state index in [0.717, 1.165) is 19.4 Å². The molecule has 3 rings (SSSR count). The molecular weight excluding hydrogens is 374 g/mol. The Hall–Kier alpha value is -1.69. The van der Waals surface area contributed by atoms with Gasteiger partial charge in [-0.05, 0) is 52.5 Å². The van der Waals surface area contributed by atoms with Gasteiger partial charge < -0.3 is 10.4 Å². The quantitative estimate of drug-likeness (QED) is 0.698. The monoisotopic (exact) mass is 389 g/mol. The van der Waals surface area contributed by atoms with Gasteiger partial charge in [0.05, 0.1) is 12.1 Å². The predicted molar refractivity (Wildman–Crippen MR) is 97.9 cm³/mol. The highest BCUT2D eigenvalue weighted by Crippen LogP contribution is 2.32. The van der Waals surface area contributed by atoms with Crippen LogP contribution in [0.25, 0.3) is 10.1 Å². The number of amides is 1. The number of thiophene rings is 1. The number of hydrogen-bond donors (Lipinski definition) is 2. The second-order valence-corrected chi connectivity index (χ2v) is 7.52. The van der Waals surface area contributed by atoms with Crippen molar-refractivity contribution in [2.45, 2.75) is 12.5 Å². The summed E-state index contributed by atoms with van der Waals surface area (Å²) in [4.78, 5) is 13.1. The second kappa shape index (κ2) is 6.43. The van der Waals surface area contributed by atoms with E-state index in [1.165, 1.54) is 0 Å². The summed E-state index contributed by atoms with van der Waals surface area (Å²) in [6.07, 6.45) is 0. The average Bonchev–Trinajstić information content (AvgIpc) is 2.98. The number of fused-ring (bicyclic) bond motifs is 1. The van der Waals surface area contributed by atoms with Gasteiger partial charge in [-0.2, -0.15) is 0 Å². The van der Waals surface area contributed by atoms with Crippen LogP contribution in [0.5, 0.6) is 0 Å². The van der Waals surface area contributed by atoms with Crippen LogP contribution in [0.15, 0.2) is 59.1 Å². The zero-order valence-corrected chi connectivity index (χ0v) is 14.9. The Labute approximate surface area is 147 Å². The number of hydrogen-bond acceptors (Lipinski definition) is 3. The number of rotatable bonds is 4. The number of benzene rings is 2. The summed E-state index contributed by atoms with van der Waals surface area (Å²) in [5.74, 6) is -0.209. The molecule has 1 atom stereocenters. The standard InChI is InChI=1S/C18H16BrNO2S/c1-18(22,16-10-12-6-2-5-9-15(12)23-16)11-20-17(21)13-7-3-4-8-14(13)19/h2-10,22H,11H2,1H3,(H,20,21)/t18-/m0/s1. The fourth-order valence-corrected chi connectivity index (χ4v) is 3.90. The van der Waals surface area contributed by atoms with Crippen LogP contribution < -0.4 is 5.32 Å². The van der Waals surface area contributed by atoms with Crippen LogP contribution >= 0.6 is 27.3 Å². The molecule has 0 aliphatic rings. The molecule has 118 valence electrons. The van der Waals surface area contributed by atoms with Gasteiger partial charge in [-0.15, -0.1) is 11.3 Å². The van der Waals surface area contributed by atoms with Gasteiger partial charge >= 0.3 is 0 Å². The van der Waals surface area contributed by atoms with Crippen molar-refractivity contribution >= 4 is 43.3 Å². The van der Waals surface area contributed by atoms with Crippen molar-refractivity contribution in [2.24, 2.45) is 0 Å². The summed E-state index contributed by atoms with van der Waals surface area (Å²) in [6.45, 7) is 1.87. The lowest BCUT2D eigenvalue weighted by Crippen LogP contribution is -2.38. The zero-order chi connectivity index (χ0) is 16.4. The van der Waals surface area contributed by atoms with E-state index in [2.05, 4.69) is 21.2 Å². The number of carbonyl (C=O) groups excluding carboxylic acids is 1. The molecule has 1 aromatic heterocycles. The lowest BCUT2D eigenvalue weighted by Gasteiger charge is -2.22. The number of nitrogens with one attached hydrogen (secondary N) is 1. The SMILES string of the molecule is C[C@](O)(CNC(=O)c1ccccc1Br)c1cc2ccccc2s1. The summed E-state index contributed by atoms with van der Waals surface area (Å²) < 4.78 is 1.86. The topological polar surface area (TPSA) is 49.3 Å². The Kier molecular flexibility index (Phi) is 4.53. The van der Waals surface area contributed by atoms with Gasteiger partial charge in [0.2, 0.25) is 0 Å². The van der Waals surface area contributed by atoms with Gasteiger partial charge in [0.15, 0.2) is 0 Å². The summed E-state index contributed by atoms with van der Waals surface area (Å²) >= 11 is 4.91. The van der Waals surface area contributed by atoms with Crippen LogP contribution in [0.2, 0.25) is 0 Å². The van der Waals surface area contributed by atoms with Crippen LogP contribution in [0.3, 0.4) is 0 Å². The van der Waals surface area contributed by atoms with E-state index in [1.54, 1.807) is 24.3 Å². The third kappa shape index (κ3) is 3.47. The lowest BCUT2D eigenvalue weighted by molar-refractivity contribution is 0.0557. The van der Waals surface area contributed by atoms with Crippen molar-refractivity contribution in [2.75, 3.05) is 6.54 Å². The van der Waals surface area contributed by atoms with Crippen LogP contribution in [0.1, 0.15) is 22.2 Å². The van der Waals surface area contributed by atoms with E-state index < -0.39 is 5.60 Å². The molecule has 0 unspecified atom stereocenters. The molecule has 0 radical (unpaired) electrons. The molecule has 1 amide bonds. The van der Waals surface area contributed by atoms with E-state index in [0.29, 0.717) is 5.56 Å². The first-order chi connectivity index (χ1) is 11.0. The van der Waals surface area contributed by atoms with E-state index in [4.69, 9.17) is 0 Å². The van der Waals surface area contributed by atoms with Gasteiger partial charge in [-0.3, -0.25) is 4.79 Å². The van der Waals surface area contributed by atoms with Crippen LogP contribution in [0, 0.1) is 0 Å². The van der Waals surface area contributed by atoms with Crippen LogP contribution in [0.4, 0.5) is 0 Å².